The Hall–Kier alpha value is -1.06. The summed E-state index contributed by atoms with van der Waals surface area (Å²) < 4.78 is 10.9. The van der Waals surface area contributed by atoms with Crippen molar-refractivity contribution in [2.75, 3.05) is 6.61 Å². The predicted molar refractivity (Wildman–Crippen MR) is 82.0 cm³/mol. The highest BCUT2D eigenvalue weighted by atomic mass is 16.6. The Morgan fingerprint density at radius 3 is 2.18 bits per heavy atom. The fourth-order valence-electron chi connectivity index (χ4n) is 4.82. The highest BCUT2D eigenvalue weighted by molar-refractivity contribution is 5.73. The summed E-state index contributed by atoms with van der Waals surface area (Å²) in [5.41, 5.74) is 0. The van der Waals surface area contributed by atoms with Crippen LogP contribution in [-0.4, -0.2) is 24.6 Å². The molecule has 4 aliphatic rings. The maximum atomic E-state index is 12.0. The first-order valence-corrected chi connectivity index (χ1v) is 8.92. The molecule has 4 fully saturated rings. The van der Waals surface area contributed by atoms with Crippen LogP contribution in [0.15, 0.2) is 0 Å². The van der Waals surface area contributed by atoms with Crippen molar-refractivity contribution < 1.29 is 19.1 Å². The van der Waals surface area contributed by atoms with E-state index in [1.165, 1.54) is 32.1 Å². The minimum atomic E-state index is -0.218. The first-order valence-electron chi connectivity index (χ1n) is 8.92. The van der Waals surface area contributed by atoms with Gasteiger partial charge in [-0.3, -0.25) is 9.59 Å². The van der Waals surface area contributed by atoms with Gasteiger partial charge >= 0.3 is 11.9 Å². The van der Waals surface area contributed by atoms with Crippen LogP contribution in [0.4, 0.5) is 0 Å². The second kappa shape index (κ2) is 6.59. The predicted octanol–water partition coefficient (Wildman–Crippen LogP) is 3.33. The van der Waals surface area contributed by atoms with E-state index in [1.807, 2.05) is 13.8 Å². The summed E-state index contributed by atoms with van der Waals surface area (Å²) in [6.45, 7) is 3.94. The summed E-state index contributed by atoms with van der Waals surface area (Å²) in [5, 5.41) is 0. The highest BCUT2D eigenvalue weighted by Crippen LogP contribution is 2.54. The molecule has 0 aromatic carbocycles. The fourth-order valence-corrected chi connectivity index (χ4v) is 4.82. The number of esters is 2. The first kappa shape index (κ1) is 15.8. The minimum absolute atomic E-state index is 0.0968. The first-order chi connectivity index (χ1) is 10.6. The molecule has 4 heteroatoms. The van der Waals surface area contributed by atoms with Gasteiger partial charge in [0.25, 0.3) is 0 Å². The summed E-state index contributed by atoms with van der Waals surface area (Å²) in [5.74, 6) is 2.42. The Morgan fingerprint density at radius 1 is 1.05 bits per heavy atom. The van der Waals surface area contributed by atoms with Crippen LogP contribution in [0.5, 0.6) is 0 Å². The number of hydrogen-bond acceptors (Lipinski definition) is 4. The Labute approximate surface area is 132 Å². The molecule has 0 N–H and O–H groups in total. The van der Waals surface area contributed by atoms with Crippen molar-refractivity contribution in [1.82, 2.24) is 0 Å². The van der Waals surface area contributed by atoms with Crippen LogP contribution < -0.4 is 0 Å². The SMILES string of the molecule is CCC(C)C(=O)OCCC(=O)OC1C2CC3CC(C2)CC1C3. The monoisotopic (exact) mass is 308 g/mol. The van der Waals surface area contributed by atoms with Gasteiger partial charge in [-0.25, -0.2) is 0 Å². The molecule has 4 rings (SSSR count). The second-order valence-electron chi connectivity index (χ2n) is 7.61. The van der Waals surface area contributed by atoms with Gasteiger partial charge in [0.15, 0.2) is 0 Å². The van der Waals surface area contributed by atoms with Crippen LogP contribution in [0.1, 0.15) is 58.8 Å². The molecule has 4 nitrogen and oxygen atoms in total. The molecule has 0 saturated heterocycles. The molecule has 0 spiro atoms. The third kappa shape index (κ3) is 3.31. The third-order valence-electron chi connectivity index (χ3n) is 5.97. The lowest BCUT2D eigenvalue weighted by Crippen LogP contribution is -2.50. The van der Waals surface area contributed by atoms with Gasteiger partial charge in [0.1, 0.15) is 12.7 Å². The number of hydrogen-bond donors (Lipinski definition) is 0. The van der Waals surface area contributed by atoms with Gasteiger partial charge in [-0.05, 0) is 62.2 Å². The largest absolute Gasteiger partial charge is 0.465 e. The quantitative estimate of drug-likeness (QED) is 0.706. The molecule has 0 heterocycles. The molecule has 1 unspecified atom stereocenters. The fraction of sp³-hybridized carbons (Fsp3) is 0.889. The zero-order valence-corrected chi connectivity index (χ0v) is 13.8. The Morgan fingerprint density at radius 2 is 1.64 bits per heavy atom. The third-order valence-corrected chi connectivity index (χ3v) is 5.97. The Kier molecular flexibility index (Phi) is 4.74. The molecule has 4 bridgehead atoms. The minimum Gasteiger partial charge on any atom is -0.465 e. The maximum Gasteiger partial charge on any atom is 0.309 e. The van der Waals surface area contributed by atoms with Gasteiger partial charge < -0.3 is 9.47 Å². The van der Waals surface area contributed by atoms with Crippen molar-refractivity contribution in [3.63, 3.8) is 0 Å². The Balaban J connectivity index is 1.42. The Bertz CT molecular complexity index is 403. The van der Waals surface area contributed by atoms with Crippen molar-refractivity contribution in [2.45, 2.75) is 64.9 Å². The molecule has 0 amide bonds. The molecule has 22 heavy (non-hydrogen) atoms. The smallest absolute Gasteiger partial charge is 0.309 e. The van der Waals surface area contributed by atoms with E-state index in [0.29, 0.717) is 11.8 Å². The lowest BCUT2D eigenvalue weighted by atomic mass is 9.55. The van der Waals surface area contributed by atoms with Crippen LogP contribution in [0.3, 0.4) is 0 Å². The van der Waals surface area contributed by atoms with Gasteiger partial charge in [0, 0.05) is 0 Å². The molecule has 0 radical (unpaired) electrons. The van der Waals surface area contributed by atoms with Crippen LogP contribution >= 0.6 is 0 Å². The van der Waals surface area contributed by atoms with E-state index in [9.17, 15) is 9.59 Å². The summed E-state index contributed by atoms with van der Waals surface area (Å²) in [6.07, 6.45) is 7.45. The topological polar surface area (TPSA) is 52.6 Å². The summed E-state index contributed by atoms with van der Waals surface area (Å²) >= 11 is 0. The molecule has 1 atom stereocenters. The van der Waals surface area contributed by atoms with Crippen molar-refractivity contribution in [2.24, 2.45) is 29.6 Å². The van der Waals surface area contributed by atoms with Gasteiger partial charge in [-0.1, -0.05) is 13.8 Å². The van der Waals surface area contributed by atoms with Gasteiger partial charge in [0.2, 0.25) is 0 Å². The van der Waals surface area contributed by atoms with Crippen molar-refractivity contribution in [3.8, 4) is 0 Å². The standard InChI is InChI=1S/C18H28O4/c1-3-11(2)18(20)21-5-4-16(19)22-17-14-7-12-6-13(9-14)10-15(17)8-12/h11-15,17H,3-10H2,1-2H3. The zero-order chi connectivity index (χ0) is 15.7. The average Bonchev–Trinajstić information content (AvgIpc) is 2.49. The van der Waals surface area contributed by atoms with E-state index in [4.69, 9.17) is 9.47 Å². The average molecular weight is 308 g/mol. The van der Waals surface area contributed by atoms with Crippen LogP contribution in [0.25, 0.3) is 0 Å². The normalized spacial score (nSPS) is 36.9. The second-order valence-corrected chi connectivity index (χ2v) is 7.61. The molecular weight excluding hydrogens is 280 g/mol. The van der Waals surface area contributed by atoms with Crippen molar-refractivity contribution >= 4 is 11.9 Å². The van der Waals surface area contributed by atoms with Crippen molar-refractivity contribution in [3.05, 3.63) is 0 Å². The van der Waals surface area contributed by atoms with Gasteiger partial charge in [-0.2, -0.15) is 0 Å². The van der Waals surface area contributed by atoms with Crippen LogP contribution in [-0.2, 0) is 19.1 Å². The summed E-state index contributed by atoms with van der Waals surface area (Å²) in [6, 6.07) is 0. The molecule has 124 valence electrons. The maximum absolute atomic E-state index is 12.0. The van der Waals surface area contributed by atoms with E-state index in [2.05, 4.69) is 0 Å². The molecular formula is C18H28O4. The number of rotatable bonds is 6. The van der Waals surface area contributed by atoms with Gasteiger partial charge in [0.05, 0.1) is 12.3 Å². The lowest BCUT2D eigenvalue weighted by Gasteiger charge is -2.53. The highest BCUT2D eigenvalue weighted by Gasteiger charge is 2.49. The van der Waals surface area contributed by atoms with E-state index in [1.54, 1.807) is 0 Å². The molecule has 0 aliphatic heterocycles. The van der Waals surface area contributed by atoms with E-state index in [0.717, 1.165) is 18.3 Å². The molecule has 4 aliphatic carbocycles. The van der Waals surface area contributed by atoms with Crippen LogP contribution in [0.2, 0.25) is 0 Å². The van der Waals surface area contributed by atoms with E-state index in [-0.39, 0.29) is 37.0 Å². The molecule has 0 aromatic rings. The lowest BCUT2D eigenvalue weighted by molar-refractivity contribution is -0.172. The van der Waals surface area contributed by atoms with E-state index >= 15 is 0 Å². The number of carbonyl (C=O) groups is 2. The van der Waals surface area contributed by atoms with Gasteiger partial charge in [-0.15, -0.1) is 0 Å². The molecule has 4 saturated carbocycles. The number of ether oxygens (including phenoxy) is 2. The van der Waals surface area contributed by atoms with Crippen molar-refractivity contribution in [1.29, 1.82) is 0 Å². The zero-order valence-electron chi connectivity index (χ0n) is 13.8. The summed E-state index contributed by atoms with van der Waals surface area (Å²) in [4.78, 5) is 23.6. The number of carbonyl (C=O) groups excluding carboxylic acids is 2. The van der Waals surface area contributed by atoms with E-state index < -0.39 is 0 Å². The summed E-state index contributed by atoms with van der Waals surface area (Å²) in [7, 11) is 0. The van der Waals surface area contributed by atoms with Crippen LogP contribution in [0, 0.1) is 29.6 Å². The molecule has 0 aromatic heterocycles.